The molecule has 2 aromatic rings. The fourth-order valence-corrected chi connectivity index (χ4v) is 2.41. The van der Waals surface area contributed by atoms with E-state index in [1.807, 2.05) is 25.3 Å². The number of pyridine rings is 1. The highest BCUT2D eigenvalue weighted by molar-refractivity contribution is 7.09. The molecule has 106 valence electrons. The Balaban J connectivity index is 1.82. The Kier molecular flexibility index (Phi) is 4.92. The maximum atomic E-state index is 11.8. The zero-order valence-electron chi connectivity index (χ0n) is 11.2. The minimum atomic E-state index is -0.238. The van der Waals surface area contributed by atoms with Gasteiger partial charge < -0.3 is 10.6 Å². The Morgan fingerprint density at radius 2 is 2.30 bits per heavy atom. The number of amides is 2. The summed E-state index contributed by atoms with van der Waals surface area (Å²) in [6.07, 6.45) is 1.63. The molecule has 0 aliphatic rings. The molecule has 0 bridgehead atoms. The molecular formula is C13H15ClN4OS. The van der Waals surface area contributed by atoms with Crippen LogP contribution in [0.2, 0.25) is 5.15 Å². The van der Waals surface area contributed by atoms with E-state index in [1.54, 1.807) is 23.6 Å². The van der Waals surface area contributed by atoms with Crippen molar-refractivity contribution in [3.63, 3.8) is 0 Å². The number of hydrogen-bond acceptors (Lipinski definition) is 4. The lowest BCUT2D eigenvalue weighted by molar-refractivity contribution is 0.237. The third-order valence-electron chi connectivity index (χ3n) is 2.67. The van der Waals surface area contributed by atoms with E-state index in [0.717, 1.165) is 16.3 Å². The topological polar surface area (TPSA) is 66.9 Å². The Morgan fingerprint density at radius 1 is 1.50 bits per heavy atom. The van der Waals surface area contributed by atoms with Gasteiger partial charge in [-0.25, -0.2) is 14.8 Å². The number of rotatable bonds is 4. The summed E-state index contributed by atoms with van der Waals surface area (Å²) < 4.78 is 0. The van der Waals surface area contributed by atoms with Gasteiger partial charge in [0.2, 0.25) is 0 Å². The van der Waals surface area contributed by atoms with Crippen LogP contribution in [0.1, 0.15) is 29.2 Å². The first-order valence-corrected chi connectivity index (χ1v) is 7.37. The van der Waals surface area contributed by atoms with Gasteiger partial charge in [-0.2, -0.15) is 0 Å². The largest absolute Gasteiger partial charge is 0.334 e. The lowest BCUT2D eigenvalue weighted by Gasteiger charge is -2.12. The highest BCUT2D eigenvalue weighted by Crippen LogP contribution is 2.15. The van der Waals surface area contributed by atoms with E-state index < -0.39 is 0 Å². The first kappa shape index (κ1) is 14.7. The van der Waals surface area contributed by atoms with Crippen molar-refractivity contribution in [2.24, 2.45) is 0 Å². The summed E-state index contributed by atoms with van der Waals surface area (Å²) in [6.45, 7) is 4.24. The van der Waals surface area contributed by atoms with E-state index >= 15 is 0 Å². The molecule has 7 heteroatoms. The molecule has 0 aliphatic carbocycles. The number of nitrogens with one attached hydrogen (secondary N) is 2. The first-order chi connectivity index (χ1) is 9.54. The number of thiazole rings is 1. The molecule has 20 heavy (non-hydrogen) atoms. The zero-order chi connectivity index (χ0) is 14.5. The number of halogens is 1. The van der Waals surface area contributed by atoms with Crippen LogP contribution in [0, 0.1) is 6.92 Å². The number of carbonyl (C=O) groups is 1. The molecule has 0 aromatic carbocycles. The normalized spacial score (nSPS) is 11.9. The molecule has 2 rings (SSSR count). The molecule has 1 atom stereocenters. The van der Waals surface area contributed by atoms with E-state index in [2.05, 4.69) is 20.6 Å². The van der Waals surface area contributed by atoms with Crippen LogP contribution in [0.4, 0.5) is 4.79 Å². The maximum absolute atomic E-state index is 11.8. The Labute approximate surface area is 126 Å². The number of aryl methyl sites for hydroxylation is 1. The molecule has 2 amide bonds. The zero-order valence-corrected chi connectivity index (χ0v) is 12.8. The fourth-order valence-electron chi connectivity index (χ4n) is 1.59. The van der Waals surface area contributed by atoms with Gasteiger partial charge in [0.15, 0.2) is 0 Å². The molecular weight excluding hydrogens is 296 g/mol. The number of carbonyl (C=O) groups excluding carboxylic acids is 1. The monoisotopic (exact) mass is 310 g/mol. The molecule has 2 heterocycles. The smallest absolute Gasteiger partial charge is 0.315 e. The number of urea groups is 1. The van der Waals surface area contributed by atoms with Crippen LogP contribution in [-0.2, 0) is 6.54 Å². The second kappa shape index (κ2) is 6.67. The second-order valence-corrected chi connectivity index (χ2v) is 5.78. The third kappa shape index (κ3) is 4.18. The van der Waals surface area contributed by atoms with Gasteiger partial charge in [0.1, 0.15) is 5.15 Å². The second-order valence-electron chi connectivity index (χ2n) is 4.33. The van der Waals surface area contributed by atoms with Crippen molar-refractivity contribution in [1.82, 2.24) is 20.6 Å². The summed E-state index contributed by atoms with van der Waals surface area (Å²) in [5, 5.41) is 8.98. The Bertz CT molecular complexity index is 584. The average Bonchev–Trinajstić information content (AvgIpc) is 2.85. The third-order valence-corrected chi connectivity index (χ3v) is 3.69. The van der Waals surface area contributed by atoms with Crippen LogP contribution in [0.3, 0.4) is 0 Å². The standard InChI is InChI=1S/C13H15ClN4OS/c1-8(11-7-20-9(2)18-11)17-13(19)16-6-10-3-4-12(14)15-5-10/h3-5,7-8H,6H2,1-2H3,(H2,16,17,19)/t8-/m1/s1. The number of aromatic nitrogens is 2. The van der Waals surface area contributed by atoms with Crippen molar-refractivity contribution in [2.45, 2.75) is 26.4 Å². The van der Waals surface area contributed by atoms with E-state index in [0.29, 0.717) is 11.7 Å². The van der Waals surface area contributed by atoms with Gasteiger partial charge in [-0.05, 0) is 25.5 Å². The molecule has 5 nitrogen and oxygen atoms in total. The quantitative estimate of drug-likeness (QED) is 0.853. The van der Waals surface area contributed by atoms with E-state index in [1.165, 1.54) is 0 Å². The molecule has 0 fully saturated rings. The predicted molar refractivity (Wildman–Crippen MR) is 79.9 cm³/mol. The predicted octanol–water partition coefficient (Wildman–Crippen LogP) is 3.06. The van der Waals surface area contributed by atoms with Crippen molar-refractivity contribution in [2.75, 3.05) is 0 Å². The van der Waals surface area contributed by atoms with Crippen LogP contribution >= 0.6 is 22.9 Å². The van der Waals surface area contributed by atoms with E-state index in [4.69, 9.17) is 11.6 Å². The van der Waals surface area contributed by atoms with Crippen molar-refractivity contribution in [3.8, 4) is 0 Å². The summed E-state index contributed by atoms with van der Waals surface area (Å²) >= 11 is 7.26. The van der Waals surface area contributed by atoms with Crippen molar-refractivity contribution in [3.05, 3.63) is 45.1 Å². The van der Waals surface area contributed by atoms with Crippen LogP contribution in [0.25, 0.3) is 0 Å². The molecule has 0 aliphatic heterocycles. The van der Waals surface area contributed by atoms with Crippen LogP contribution in [-0.4, -0.2) is 16.0 Å². The van der Waals surface area contributed by atoms with Gasteiger partial charge >= 0.3 is 6.03 Å². The highest BCUT2D eigenvalue weighted by atomic mass is 35.5. The summed E-state index contributed by atoms with van der Waals surface area (Å²) in [7, 11) is 0. The minimum Gasteiger partial charge on any atom is -0.334 e. The fraction of sp³-hybridized carbons (Fsp3) is 0.308. The molecule has 0 spiro atoms. The molecule has 0 saturated carbocycles. The summed E-state index contributed by atoms with van der Waals surface area (Å²) in [5.74, 6) is 0. The molecule has 0 radical (unpaired) electrons. The molecule has 2 N–H and O–H groups in total. The molecule has 2 aromatic heterocycles. The maximum Gasteiger partial charge on any atom is 0.315 e. The van der Waals surface area contributed by atoms with Crippen molar-refractivity contribution < 1.29 is 4.79 Å². The first-order valence-electron chi connectivity index (χ1n) is 6.11. The van der Waals surface area contributed by atoms with Gasteiger partial charge in [0.25, 0.3) is 0 Å². The summed E-state index contributed by atoms with van der Waals surface area (Å²) in [4.78, 5) is 20.1. The number of hydrogen-bond donors (Lipinski definition) is 2. The van der Waals surface area contributed by atoms with Crippen molar-refractivity contribution in [1.29, 1.82) is 0 Å². The van der Waals surface area contributed by atoms with Crippen molar-refractivity contribution >= 4 is 29.0 Å². The average molecular weight is 311 g/mol. The highest BCUT2D eigenvalue weighted by Gasteiger charge is 2.11. The van der Waals surface area contributed by atoms with Gasteiger partial charge in [-0.15, -0.1) is 11.3 Å². The lowest BCUT2D eigenvalue weighted by Crippen LogP contribution is -2.36. The van der Waals surface area contributed by atoms with Crippen LogP contribution in [0.5, 0.6) is 0 Å². The van der Waals surface area contributed by atoms with Gasteiger partial charge in [-0.1, -0.05) is 17.7 Å². The summed E-state index contributed by atoms with van der Waals surface area (Å²) in [5.41, 5.74) is 1.76. The van der Waals surface area contributed by atoms with E-state index in [9.17, 15) is 4.79 Å². The minimum absolute atomic E-state index is 0.122. The van der Waals surface area contributed by atoms with Gasteiger partial charge in [0, 0.05) is 18.1 Å². The Morgan fingerprint density at radius 3 is 2.90 bits per heavy atom. The summed E-state index contributed by atoms with van der Waals surface area (Å²) in [6, 6.07) is 3.15. The van der Waals surface area contributed by atoms with E-state index in [-0.39, 0.29) is 12.1 Å². The molecule has 0 unspecified atom stereocenters. The molecule has 0 saturated heterocycles. The lowest BCUT2D eigenvalue weighted by atomic mass is 10.2. The van der Waals surface area contributed by atoms with Gasteiger partial charge in [0.05, 0.1) is 16.7 Å². The van der Waals surface area contributed by atoms with Crippen LogP contribution < -0.4 is 10.6 Å². The Hall–Kier alpha value is -1.66. The number of nitrogens with zero attached hydrogens (tertiary/aromatic N) is 2. The van der Waals surface area contributed by atoms with Gasteiger partial charge in [-0.3, -0.25) is 0 Å². The SMILES string of the molecule is Cc1nc([C@@H](C)NC(=O)NCc2ccc(Cl)nc2)cs1. The van der Waals surface area contributed by atoms with Crippen LogP contribution in [0.15, 0.2) is 23.7 Å².